The number of rotatable bonds is 2. The van der Waals surface area contributed by atoms with Gasteiger partial charge in [-0.1, -0.05) is 0 Å². The number of nitrogens with one attached hydrogen (secondary N) is 1. The lowest BCUT2D eigenvalue weighted by Crippen LogP contribution is -2.56. The van der Waals surface area contributed by atoms with Crippen LogP contribution in [0.15, 0.2) is 0 Å². The fraction of sp³-hybridized carbons (Fsp3) is 0.800. The molecule has 0 aromatic heterocycles. The summed E-state index contributed by atoms with van der Waals surface area (Å²) in [6.45, 7) is 0.000375. The van der Waals surface area contributed by atoms with E-state index in [2.05, 4.69) is 5.32 Å². The molecule has 1 saturated carbocycles. The van der Waals surface area contributed by atoms with Gasteiger partial charge in [0.15, 0.2) is 0 Å². The number of aliphatic hydroxyl groups is 3. The summed E-state index contributed by atoms with van der Waals surface area (Å²) in [7, 11) is 0. The van der Waals surface area contributed by atoms with Crippen LogP contribution in [0.2, 0.25) is 0 Å². The highest BCUT2D eigenvalue weighted by Crippen LogP contribution is 2.30. The van der Waals surface area contributed by atoms with Gasteiger partial charge in [0.2, 0.25) is 5.91 Å². The number of nitrogens with zero attached hydrogens (tertiary/aromatic N) is 1. The third-order valence-corrected chi connectivity index (χ3v) is 3.49. The molecule has 4 atom stereocenters. The Labute approximate surface area is 98.0 Å². The Morgan fingerprint density at radius 3 is 2.53 bits per heavy atom. The van der Waals surface area contributed by atoms with Gasteiger partial charge in [0.05, 0.1) is 12.1 Å². The number of imide groups is 1. The molecule has 0 spiro atoms. The Balaban J connectivity index is 2.08. The minimum Gasteiger partial charge on any atom is -0.396 e. The summed E-state index contributed by atoms with van der Waals surface area (Å²) < 4.78 is 0. The highest BCUT2D eigenvalue weighted by molar-refractivity contribution is 5.96. The van der Waals surface area contributed by atoms with Gasteiger partial charge in [-0.15, -0.1) is 0 Å². The summed E-state index contributed by atoms with van der Waals surface area (Å²) in [5, 5.41) is 30.7. The number of hydrogen-bond acceptors (Lipinski definition) is 5. The molecule has 0 unspecified atom stereocenters. The smallest absolute Gasteiger partial charge is 0.324 e. The molecule has 96 valence electrons. The van der Waals surface area contributed by atoms with Crippen molar-refractivity contribution in [3.8, 4) is 0 Å². The molecule has 7 nitrogen and oxygen atoms in total. The molecule has 4 N–H and O–H groups in total. The third-order valence-electron chi connectivity index (χ3n) is 3.49. The fourth-order valence-electron chi connectivity index (χ4n) is 2.48. The van der Waals surface area contributed by atoms with Gasteiger partial charge in [0.25, 0.3) is 0 Å². The summed E-state index contributed by atoms with van der Waals surface area (Å²) in [6, 6.07) is -1.09. The second-order valence-corrected chi connectivity index (χ2v) is 4.52. The van der Waals surface area contributed by atoms with E-state index >= 15 is 0 Å². The van der Waals surface area contributed by atoms with Gasteiger partial charge in [-0.2, -0.15) is 0 Å². The lowest BCUT2D eigenvalue weighted by Gasteiger charge is -2.33. The van der Waals surface area contributed by atoms with E-state index in [9.17, 15) is 19.8 Å². The Morgan fingerprint density at radius 2 is 2.00 bits per heavy atom. The molecule has 1 saturated heterocycles. The fourth-order valence-corrected chi connectivity index (χ4v) is 2.48. The molecule has 1 aliphatic heterocycles. The Kier molecular flexibility index (Phi) is 3.32. The van der Waals surface area contributed by atoms with Crippen molar-refractivity contribution in [3.63, 3.8) is 0 Å². The van der Waals surface area contributed by atoms with E-state index in [1.165, 1.54) is 4.90 Å². The van der Waals surface area contributed by atoms with Gasteiger partial charge in [0.1, 0.15) is 6.10 Å². The lowest BCUT2D eigenvalue weighted by atomic mass is 10.1. The average molecular weight is 244 g/mol. The highest BCUT2D eigenvalue weighted by atomic mass is 16.3. The maximum Gasteiger partial charge on any atom is 0.324 e. The molecule has 17 heavy (non-hydrogen) atoms. The predicted molar refractivity (Wildman–Crippen MR) is 55.9 cm³/mol. The topological polar surface area (TPSA) is 110 Å². The monoisotopic (exact) mass is 244 g/mol. The summed E-state index contributed by atoms with van der Waals surface area (Å²) in [4.78, 5) is 23.9. The molecular weight excluding hydrogens is 228 g/mol. The number of hydrogen-bond donors (Lipinski definition) is 4. The van der Waals surface area contributed by atoms with Crippen molar-refractivity contribution in [2.75, 3.05) is 13.2 Å². The number of aliphatic hydroxyl groups excluding tert-OH is 3. The second kappa shape index (κ2) is 4.59. The van der Waals surface area contributed by atoms with Gasteiger partial charge in [-0.25, -0.2) is 4.79 Å². The molecule has 2 fully saturated rings. The minimum atomic E-state index is -1.08. The molecule has 0 bridgehead atoms. The van der Waals surface area contributed by atoms with E-state index in [-0.39, 0.29) is 25.5 Å². The molecular formula is C10H16N2O5. The Morgan fingerprint density at radius 1 is 1.29 bits per heavy atom. The van der Waals surface area contributed by atoms with Gasteiger partial charge in [-0.05, 0) is 6.42 Å². The number of amides is 3. The van der Waals surface area contributed by atoms with E-state index < -0.39 is 30.2 Å². The Bertz CT molecular complexity index is 335. The normalized spacial score (nSPS) is 38.4. The van der Waals surface area contributed by atoms with Crippen molar-refractivity contribution < 1.29 is 24.9 Å². The standard InChI is InChI=1S/C10H16N2O5/c13-4-5-3-6(9(16)8(5)15)12-2-1-7(14)11-10(12)17/h5-6,8-9,13,15-16H,1-4H2,(H,11,14,17)/t5-,6-,8-,9+/m0/s1. The summed E-state index contributed by atoms with van der Waals surface area (Å²) in [5.41, 5.74) is 0. The molecule has 0 aromatic carbocycles. The molecule has 7 heteroatoms. The lowest BCUT2D eigenvalue weighted by molar-refractivity contribution is -0.122. The van der Waals surface area contributed by atoms with E-state index in [0.29, 0.717) is 6.42 Å². The molecule has 3 amide bonds. The summed E-state index contributed by atoms with van der Waals surface area (Å²) in [5.74, 6) is -0.765. The third kappa shape index (κ3) is 2.13. The quantitative estimate of drug-likeness (QED) is 0.450. The van der Waals surface area contributed by atoms with Crippen LogP contribution in [0.4, 0.5) is 4.79 Å². The zero-order valence-corrected chi connectivity index (χ0v) is 9.24. The zero-order chi connectivity index (χ0) is 12.6. The first-order valence-electron chi connectivity index (χ1n) is 5.62. The Hall–Kier alpha value is -1.18. The van der Waals surface area contributed by atoms with Gasteiger partial charge >= 0.3 is 6.03 Å². The van der Waals surface area contributed by atoms with Crippen molar-refractivity contribution in [1.29, 1.82) is 0 Å². The van der Waals surface area contributed by atoms with Gasteiger partial charge < -0.3 is 20.2 Å². The maximum atomic E-state index is 11.6. The summed E-state index contributed by atoms with van der Waals surface area (Å²) in [6.07, 6.45) is -1.59. The highest BCUT2D eigenvalue weighted by Gasteiger charge is 2.46. The van der Waals surface area contributed by atoms with Crippen molar-refractivity contribution in [2.24, 2.45) is 5.92 Å². The number of urea groups is 1. The SMILES string of the molecule is O=C1CCN([C@H]2C[C@@H](CO)[C@H](O)[C@@H]2O)C(=O)N1. The first-order valence-corrected chi connectivity index (χ1v) is 5.62. The van der Waals surface area contributed by atoms with Crippen LogP contribution in [0.1, 0.15) is 12.8 Å². The zero-order valence-electron chi connectivity index (χ0n) is 9.24. The van der Waals surface area contributed by atoms with Crippen LogP contribution in [-0.2, 0) is 4.79 Å². The van der Waals surface area contributed by atoms with E-state index in [0.717, 1.165) is 0 Å². The summed E-state index contributed by atoms with van der Waals surface area (Å²) >= 11 is 0. The van der Waals surface area contributed by atoms with Crippen LogP contribution in [0, 0.1) is 5.92 Å². The first kappa shape index (κ1) is 12.3. The van der Waals surface area contributed by atoms with Gasteiger partial charge in [0, 0.05) is 25.5 Å². The van der Waals surface area contributed by atoms with Crippen LogP contribution in [0.3, 0.4) is 0 Å². The molecule has 1 aliphatic carbocycles. The van der Waals surface area contributed by atoms with Crippen molar-refractivity contribution in [2.45, 2.75) is 31.1 Å². The minimum absolute atomic E-state index is 0.189. The molecule has 0 radical (unpaired) electrons. The largest absolute Gasteiger partial charge is 0.396 e. The maximum absolute atomic E-state index is 11.6. The van der Waals surface area contributed by atoms with Crippen molar-refractivity contribution >= 4 is 11.9 Å². The van der Waals surface area contributed by atoms with Gasteiger partial charge in [-0.3, -0.25) is 10.1 Å². The first-order chi connectivity index (χ1) is 8.04. The van der Waals surface area contributed by atoms with Crippen LogP contribution in [-0.4, -0.2) is 63.6 Å². The number of carbonyl (C=O) groups excluding carboxylic acids is 2. The van der Waals surface area contributed by atoms with E-state index in [1.54, 1.807) is 0 Å². The second-order valence-electron chi connectivity index (χ2n) is 4.52. The van der Waals surface area contributed by atoms with Crippen LogP contribution in [0.25, 0.3) is 0 Å². The van der Waals surface area contributed by atoms with Crippen molar-refractivity contribution in [1.82, 2.24) is 10.2 Å². The van der Waals surface area contributed by atoms with Crippen LogP contribution < -0.4 is 5.32 Å². The van der Waals surface area contributed by atoms with E-state index in [4.69, 9.17) is 5.11 Å². The average Bonchev–Trinajstić information content (AvgIpc) is 2.57. The molecule has 2 rings (SSSR count). The van der Waals surface area contributed by atoms with Crippen molar-refractivity contribution in [3.05, 3.63) is 0 Å². The predicted octanol–water partition coefficient (Wildman–Crippen LogP) is -1.97. The van der Waals surface area contributed by atoms with E-state index in [1.807, 2.05) is 0 Å². The molecule has 0 aromatic rings. The molecule has 2 aliphatic rings. The number of carbonyl (C=O) groups is 2. The van der Waals surface area contributed by atoms with Crippen LogP contribution >= 0.6 is 0 Å². The van der Waals surface area contributed by atoms with Crippen LogP contribution in [0.5, 0.6) is 0 Å². The molecule has 1 heterocycles.